The quantitative estimate of drug-likeness (QED) is 0.559. The Morgan fingerprint density at radius 1 is 0.862 bits per heavy atom. The molecule has 2 amide bonds. The minimum Gasteiger partial charge on any atom is -0.384 e. The van der Waals surface area contributed by atoms with Crippen LogP contribution in [0.2, 0.25) is 5.02 Å². The molecule has 0 heterocycles. The Hall–Kier alpha value is -3.15. The van der Waals surface area contributed by atoms with Crippen LogP contribution in [0.3, 0.4) is 0 Å². The van der Waals surface area contributed by atoms with Crippen LogP contribution in [0.4, 0.5) is 5.69 Å². The van der Waals surface area contributed by atoms with Gasteiger partial charge in [-0.1, -0.05) is 78.3 Å². The second-order valence-corrected chi connectivity index (χ2v) is 7.24. The van der Waals surface area contributed by atoms with Gasteiger partial charge in [0.15, 0.2) is 0 Å². The van der Waals surface area contributed by atoms with Crippen LogP contribution >= 0.6 is 11.6 Å². The number of nitrogens with one attached hydrogen (secondary N) is 2. The van der Waals surface area contributed by atoms with Crippen LogP contribution in [0.5, 0.6) is 0 Å². The van der Waals surface area contributed by atoms with Crippen molar-refractivity contribution in [3.63, 3.8) is 0 Å². The molecular weight excluding hydrogens is 388 g/mol. The topological polar surface area (TPSA) is 78.4 Å². The second kappa shape index (κ2) is 8.90. The Morgan fingerprint density at radius 3 is 2.10 bits per heavy atom. The zero-order chi connectivity index (χ0) is 20.9. The van der Waals surface area contributed by atoms with Crippen molar-refractivity contribution in [3.8, 4) is 11.1 Å². The molecule has 3 aromatic carbocycles. The first-order chi connectivity index (χ1) is 13.9. The fourth-order valence-corrected chi connectivity index (χ4v) is 3.01. The summed E-state index contributed by atoms with van der Waals surface area (Å²) in [4.78, 5) is 24.2. The zero-order valence-corrected chi connectivity index (χ0v) is 16.6. The summed E-state index contributed by atoms with van der Waals surface area (Å²) < 4.78 is 0. The lowest BCUT2D eigenvalue weighted by atomic mass is 9.93. The molecule has 0 aliphatic heterocycles. The van der Waals surface area contributed by atoms with Crippen LogP contribution in [0.1, 0.15) is 12.5 Å². The van der Waals surface area contributed by atoms with Gasteiger partial charge in [-0.3, -0.25) is 9.59 Å². The average Bonchev–Trinajstić information content (AvgIpc) is 2.74. The lowest BCUT2D eigenvalue weighted by Gasteiger charge is -2.24. The number of anilines is 1. The lowest BCUT2D eigenvalue weighted by molar-refractivity contribution is -0.136. The van der Waals surface area contributed by atoms with Gasteiger partial charge < -0.3 is 15.7 Å². The molecule has 0 saturated heterocycles. The van der Waals surface area contributed by atoms with Gasteiger partial charge in [-0.2, -0.15) is 0 Å². The van der Waals surface area contributed by atoms with Crippen LogP contribution in [0.25, 0.3) is 11.1 Å². The van der Waals surface area contributed by atoms with Gasteiger partial charge in [-0.15, -0.1) is 0 Å². The predicted molar refractivity (Wildman–Crippen MR) is 115 cm³/mol. The first kappa shape index (κ1) is 20.6. The molecule has 0 fully saturated rings. The number of para-hydroxylation sites is 1. The van der Waals surface area contributed by atoms with E-state index in [1.54, 1.807) is 43.3 Å². The molecule has 0 saturated carbocycles. The van der Waals surface area contributed by atoms with Crippen molar-refractivity contribution in [1.82, 2.24) is 5.32 Å². The maximum Gasteiger partial charge on any atom is 0.313 e. The molecule has 148 valence electrons. The molecule has 3 rings (SSSR count). The van der Waals surface area contributed by atoms with Crippen molar-refractivity contribution >= 4 is 29.1 Å². The van der Waals surface area contributed by atoms with Gasteiger partial charge in [0.1, 0.15) is 5.60 Å². The highest BCUT2D eigenvalue weighted by Gasteiger charge is 2.25. The molecule has 3 N–H and O–H groups in total. The number of rotatable bonds is 5. The van der Waals surface area contributed by atoms with E-state index in [-0.39, 0.29) is 6.54 Å². The molecule has 0 aliphatic rings. The van der Waals surface area contributed by atoms with E-state index in [9.17, 15) is 14.7 Å². The van der Waals surface area contributed by atoms with Gasteiger partial charge in [-0.25, -0.2) is 0 Å². The normalized spacial score (nSPS) is 12.7. The first-order valence-electron chi connectivity index (χ1n) is 9.09. The third-order valence-corrected chi connectivity index (χ3v) is 4.86. The Kier molecular flexibility index (Phi) is 6.32. The van der Waals surface area contributed by atoms with Crippen molar-refractivity contribution in [2.24, 2.45) is 0 Å². The summed E-state index contributed by atoms with van der Waals surface area (Å²) in [5, 5.41) is 16.0. The van der Waals surface area contributed by atoms with Gasteiger partial charge in [0.2, 0.25) is 0 Å². The highest BCUT2D eigenvalue weighted by molar-refractivity contribution is 6.41. The Labute approximate surface area is 174 Å². The molecular formula is C23H21ClN2O3. The summed E-state index contributed by atoms with van der Waals surface area (Å²) in [6, 6.07) is 23.9. The summed E-state index contributed by atoms with van der Waals surface area (Å²) in [5.41, 5.74) is 1.73. The molecule has 29 heavy (non-hydrogen) atoms. The number of amides is 2. The van der Waals surface area contributed by atoms with Gasteiger partial charge in [0.05, 0.1) is 17.3 Å². The lowest BCUT2D eigenvalue weighted by Crippen LogP contribution is -2.43. The first-order valence-corrected chi connectivity index (χ1v) is 9.47. The Balaban J connectivity index is 1.61. The fraction of sp³-hybridized carbons (Fsp3) is 0.130. The average molecular weight is 409 g/mol. The number of hydrogen-bond acceptors (Lipinski definition) is 3. The highest BCUT2D eigenvalue weighted by atomic mass is 35.5. The molecule has 0 radical (unpaired) electrons. The summed E-state index contributed by atoms with van der Waals surface area (Å²) >= 11 is 5.97. The van der Waals surface area contributed by atoms with Crippen molar-refractivity contribution < 1.29 is 14.7 Å². The van der Waals surface area contributed by atoms with Gasteiger partial charge in [0, 0.05) is 0 Å². The summed E-state index contributed by atoms with van der Waals surface area (Å²) in [6.45, 7) is 1.46. The van der Waals surface area contributed by atoms with Crippen molar-refractivity contribution in [2.45, 2.75) is 12.5 Å². The van der Waals surface area contributed by atoms with Crippen LogP contribution in [0, 0.1) is 0 Å². The van der Waals surface area contributed by atoms with E-state index >= 15 is 0 Å². The molecule has 0 aliphatic carbocycles. The Bertz CT molecular complexity index is 1000. The molecule has 0 bridgehead atoms. The summed E-state index contributed by atoms with van der Waals surface area (Å²) in [5.74, 6) is -1.71. The Morgan fingerprint density at radius 2 is 1.45 bits per heavy atom. The maximum absolute atomic E-state index is 12.1. The number of carbonyl (C=O) groups is 2. The molecule has 3 aromatic rings. The molecule has 1 atom stereocenters. The van der Waals surface area contributed by atoms with Crippen LogP contribution in [0.15, 0.2) is 78.9 Å². The fourth-order valence-electron chi connectivity index (χ4n) is 2.83. The number of benzene rings is 3. The minimum absolute atomic E-state index is 0.119. The standard InChI is InChI=1S/C23H21ClN2O3/c1-23(29,18-13-11-17(12-14-18)16-7-3-2-4-8-16)15-25-21(27)22(28)26-20-10-6-5-9-19(20)24/h2-14,29H,15H2,1H3,(H,25,27)(H,26,28)/t23-/m0/s1. The van der Waals surface area contributed by atoms with Crippen molar-refractivity contribution in [2.75, 3.05) is 11.9 Å². The van der Waals surface area contributed by atoms with Gasteiger partial charge >= 0.3 is 11.8 Å². The smallest absolute Gasteiger partial charge is 0.313 e. The molecule has 0 aromatic heterocycles. The minimum atomic E-state index is -1.34. The molecule has 5 nitrogen and oxygen atoms in total. The molecule has 0 spiro atoms. The third-order valence-electron chi connectivity index (χ3n) is 4.54. The van der Waals surface area contributed by atoms with E-state index in [4.69, 9.17) is 11.6 Å². The number of carbonyl (C=O) groups excluding carboxylic acids is 2. The molecule has 0 unspecified atom stereocenters. The van der Waals surface area contributed by atoms with E-state index in [0.29, 0.717) is 16.3 Å². The predicted octanol–water partition coefficient (Wildman–Crippen LogP) is 3.97. The number of halogens is 1. The van der Waals surface area contributed by atoms with E-state index in [2.05, 4.69) is 10.6 Å². The van der Waals surface area contributed by atoms with E-state index < -0.39 is 17.4 Å². The summed E-state index contributed by atoms with van der Waals surface area (Å²) in [7, 11) is 0. The van der Waals surface area contributed by atoms with Crippen LogP contribution in [-0.4, -0.2) is 23.5 Å². The molecule has 6 heteroatoms. The van der Waals surface area contributed by atoms with Gasteiger partial charge in [0.25, 0.3) is 0 Å². The third kappa shape index (κ3) is 5.22. The van der Waals surface area contributed by atoms with Gasteiger partial charge in [-0.05, 0) is 35.7 Å². The second-order valence-electron chi connectivity index (χ2n) is 6.83. The van der Waals surface area contributed by atoms with E-state index in [1.165, 1.54) is 0 Å². The van der Waals surface area contributed by atoms with Crippen molar-refractivity contribution in [3.05, 3.63) is 89.4 Å². The number of aliphatic hydroxyl groups is 1. The highest BCUT2D eigenvalue weighted by Crippen LogP contribution is 2.25. The zero-order valence-electron chi connectivity index (χ0n) is 15.9. The van der Waals surface area contributed by atoms with E-state index in [1.807, 2.05) is 42.5 Å². The maximum atomic E-state index is 12.1. The largest absolute Gasteiger partial charge is 0.384 e. The monoisotopic (exact) mass is 408 g/mol. The van der Waals surface area contributed by atoms with Crippen molar-refractivity contribution in [1.29, 1.82) is 0 Å². The summed E-state index contributed by atoms with van der Waals surface area (Å²) in [6.07, 6.45) is 0. The van der Waals surface area contributed by atoms with Crippen LogP contribution < -0.4 is 10.6 Å². The van der Waals surface area contributed by atoms with Crippen LogP contribution in [-0.2, 0) is 15.2 Å². The van der Waals surface area contributed by atoms with E-state index in [0.717, 1.165) is 11.1 Å². The number of hydrogen-bond donors (Lipinski definition) is 3. The SMILES string of the molecule is C[C@](O)(CNC(=O)C(=O)Nc1ccccc1Cl)c1ccc(-c2ccccc2)cc1.